The Hall–Kier alpha value is -4.52. The minimum Gasteiger partial charge on any atom is -0.406 e. The molecule has 0 spiro atoms. The van der Waals surface area contributed by atoms with Crippen LogP contribution in [-0.2, 0) is 11.3 Å². The van der Waals surface area contributed by atoms with Crippen LogP contribution in [0.1, 0.15) is 15.9 Å². The first kappa shape index (κ1) is 25.1. The number of hydrogen-bond acceptors (Lipinski definition) is 8. The van der Waals surface area contributed by atoms with E-state index in [0.717, 1.165) is 12.1 Å². The van der Waals surface area contributed by atoms with E-state index in [4.69, 9.17) is 9.26 Å². The molecule has 0 aliphatic carbocycles. The van der Waals surface area contributed by atoms with Crippen LogP contribution in [-0.4, -0.2) is 63.4 Å². The van der Waals surface area contributed by atoms with Crippen molar-refractivity contribution in [3.8, 4) is 28.7 Å². The van der Waals surface area contributed by atoms with E-state index in [2.05, 4.69) is 20.0 Å². The van der Waals surface area contributed by atoms with Gasteiger partial charge in [0.2, 0.25) is 5.82 Å². The number of carbonyl (C=O) groups is 1. The zero-order valence-electron chi connectivity index (χ0n) is 19.7. The van der Waals surface area contributed by atoms with Gasteiger partial charge in [-0.1, -0.05) is 17.3 Å². The molecule has 2 aromatic heterocycles. The molecule has 0 atom stereocenters. The average molecular weight is 527 g/mol. The first-order chi connectivity index (χ1) is 18.2. The maximum absolute atomic E-state index is 12.8. The summed E-state index contributed by atoms with van der Waals surface area (Å²) in [6, 6.07) is 14.7. The highest BCUT2D eigenvalue weighted by Gasteiger charge is 2.31. The molecule has 1 aliphatic heterocycles. The van der Waals surface area contributed by atoms with Crippen LogP contribution in [0.3, 0.4) is 0 Å². The maximum Gasteiger partial charge on any atom is 0.573 e. The van der Waals surface area contributed by atoms with Crippen molar-refractivity contribution in [3.63, 3.8) is 0 Å². The molecule has 0 unspecified atom stereocenters. The molecule has 4 aromatic rings. The van der Waals surface area contributed by atoms with Crippen molar-refractivity contribution in [1.29, 1.82) is 0 Å². The van der Waals surface area contributed by atoms with E-state index >= 15 is 0 Å². The van der Waals surface area contributed by atoms with E-state index in [0.29, 0.717) is 43.0 Å². The molecule has 13 heteroatoms. The first-order valence-electron chi connectivity index (χ1n) is 11.5. The van der Waals surface area contributed by atoms with E-state index in [1.54, 1.807) is 29.2 Å². The van der Waals surface area contributed by atoms with Crippen molar-refractivity contribution < 1.29 is 32.0 Å². The molecule has 3 heterocycles. The van der Waals surface area contributed by atoms with Crippen molar-refractivity contribution in [2.45, 2.75) is 12.9 Å². The Labute approximate surface area is 213 Å². The summed E-state index contributed by atoms with van der Waals surface area (Å²) >= 11 is 0. The zero-order valence-corrected chi connectivity index (χ0v) is 19.7. The second-order valence-electron chi connectivity index (χ2n) is 8.31. The molecular formula is C25H20F3N5O5. The lowest BCUT2D eigenvalue weighted by molar-refractivity contribution is -0.274. The first-order valence-corrected chi connectivity index (χ1v) is 11.5. The normalized spacial score (nSPS) is 13.9. The smallest absolute Gasteiger partial charge is 0.406 e. The van der Waals surface area contributed by atoms with E-state index in [1.807, 2.05) is 0 Å². The van der Waals surface area contributed by atoms with Gasteiger partial charge in [0.15, 0.2) is 0 Å². The van der Waals surface area contributed by atoms with Crippen LogP contribution in [0.25, 0.3) is 23.0 Å². The summed E-state index contributed by atoms with van der Waals surface area (Å²) in [5.41, 5.74) is 1.44. The highest BCUT2D eigenvalue weighted by Crippen LogP contribution is 2.26. The summed E-state index contributed by atoms with van der Waals surface area (Å²) in [6.45, 7) is 2.12. The number of hydrogen-bond donors (Lipinski definition) is 0. The molecule has 196 valence electrons. The molecule has 1 aliphatic rings. The van der Waals surface area contributed by atoms with Gasteiger partial charge in [-0.25, -0.2) is 4.68 Å². The van der Waals surface area contributed by atoms with Gasteiger partial charge in [0.25, 0.3) is 17.4 Å². The number of ether oxygens (including phenoxy) is 2. The van der Waals surface area contributed by atoms with Gasteiger partial charge < -0.3 is 18.9 Å². The van der Waals surface area contributed by atoms with Gasteiger partial charge in [0.1, 0.15) is 11.4 Å². The minimum atomic E-state index is -4.80. The Morgan fingerprint density at radius 3 is 2.53 bits per heavy atom. The number of carbonyl (C=O) groups excluding carboxylic acids is 1. The fourth-order valence-corrected chi connectivity index (χ4v) is 3.85. The molecular weight excluding hydrogens is 507 g/mol. The van der Waals surface area contributed by atoms with Crippen LogP contribution in [0.5, 0.6) is 5.75 Å². The zero-order chi connectivity index (χ0) is 26.7. The standard InChI is InChI=1S/C25H20F3N5O5/c26-25(27,28)37-19-6-4-17(5-7-19)22-29-23(38-31-22)20-8-9-21(34)33(30-20)15-16-2-1-3-18(14-16)24(35)32-10-12-36-13-11-32/h1-9,14H,10-13,15H2. The van der Waals surface area contributed by atoms with Gasteiger partial charge in [0.05, 0.1) is 19.8 Å². The van der Waals surface area contributed by atoms with Crippen LogP contribution in [0.4, 0.5) is 13.2 Å². The molecule has 0 N–H and O–H groups in total. The fraction of sp³-hybridized carbons (Fsp3) is 0.240. The molecule has 2 aromatic carbocycles. The SMILES string of the molecule is O=C(c1cccc(Cn2nc(-c3nc(-c4ccc(OC(F)(F)F)cc4)no3)ccc2=O)c1)N1CCOCC1. The summed E-state index contributed by atoms with van der Waals surface area (Å²) in [6.07, 6.45) is -4.80. The van der Waals surface area contributed by atoms with Crippen molar-refractivity contribution in [3.05, 3.63) is 82.1 Å². The number of morpholine rings is 1. The van der Waals surface area contributed by atoms with Crippen molar-refractivity contribution in [2.75, 3.05) is 26.3 Å². The van der Waals surface area contributed by atoms with Crippen LogP contribution >= 0.6 is 0 Å². The predicted molar refractivity (Wildman–Crippen MR) is 126 cm³/mol. The van der Waals surface area contributed by atoms with Gasteiger partial charge in [-0.3, -0.25) is 9.59 Å². The third-order valence-electron chi connectivity index (χ3n) is 5.66. The number of amides is 1. The summed E-state index contributed by atoms with van der Waals surface area (Å²) in [5.74, 6) is -0.358. The number of benzene rings is 2. The largest absolute Gasteiger partial charge is 0.573 e. The highest BCUT2D eigenvalue weighted by molar-refractivity contribution is 5.94. The molecule has 38 heavy (non-hydrogen) atoms. The van der Waals surface area contributed by atoms with E-state index < -0.39 is 6.36 Å². The minimum absolute atomic E-state index is 0.0145. The predicted octanol–water partition coefficient (Wildman–Crippen LogP) is 3.38. The maximum atomic E-state index is 12.8. The molecule has 5 rings (SSSR count). The van der Waals surface area contributed by atoms with E-state index in [9.17, 15) is 22.8 Å². The molecule has 0 radical (unpaired) electrons. The summed E-state index contributed by atoms with van der Waals surface area (Å²) in [4.78, 5) is 31.3. The lowest BCUT2D eigenvalue weighted by Crippen LogP contribution is -2.40. The Morgan fingerprint density at radius 2 is 1.79 bits per heavy atom. The summed E-state index contributed by atoms with van der Waals surface area (Å²) in [7, 11) is 0. The molecule has 1 fully saturated rings. The summed E-state index contributed by atoms with van der Waals surface area (Å²) in [5, 5.41) is 8.17. The number of rotatable bonds is 6. The second-order valence-corrected chi connectivity index (χ2v) is 8.31. The van der Waals surface area contributed by atoms with Gasteiger partial charge in [0, 0.05) is 30.3 Å². The number of alkyl halides is 3. The van der Waals surface area contributed by atoms with Gasteiger partial charge in [-0.05, 0) is 48.0 Å². The quantitative estimate of drug-likeness (QED) is 0.375. The molecule has 1 saturated heterocycles. The fourth-order valence-electron chi connectivity index (χ4n) is 3.85. The van der Waals surface area contributed by atoms with Crippen LogP contribution in [0.15, 0.2) is 70.0 Å². The Balaban J connectivity index is 1.33. The number of aromatic nitrogens is 4. The second kappa shape index (κ2) is 10.5. The van der Waals surface area contributed by atoms with Crippen LogP contribution < -0.4 is 10.3 Å². The van der Waals surface area contributed by atoms with Gasteiger partial charge in [-0.15, -0.1) is 13.2 Å². The van der Waals surface area contributed by atoms with Crippen molar-refractivity contribution >= 4 is 5.91 Å². The highest BCUT2D eigenvalue weighted by atomic mass is 19.4. The van der Waals surface area contributed by atoms with E-state index in [1.165, 1.54) is 28.9 Å². The van der Waals surface area contributed by atoms with Gasteiger partial charge >= 0.3 is 6.36 Å². The van der Waals surface area contributed by atoms with Crippen molar-refractivity contribution in [1.82, 2.24) is 24.8 Å². The molecule has 0 bridgehead atoms. The lowest BCUT2D eigenvalue weighted by atomic mass is 10.1. The van der Waals surface area contributed by atoms with Crippen LogP contribution in [0.2, 0.25) is 0 Å². The topological polar surface area (TPSA) is 113 Å². The number of nitrogens with zero attached hydrogens (tertiary/aromatic N) is 5. The lowest BCUT2D eigenvalue weighted by Gasteiger charge is -2.27. The Bertz CT molecular complexity index is 1490. The molecule has 10 nitrogen and oxygen atoms in total. The number of halogens is 3. The Morgan fingerprint density at radius 1 is 1.03 bits per heavy atom. The molecule has 0 saturated carbocycles. The Kier molecular flexibility index (Phi) is 6.92. The van der Waals surface area contributed by atoms with Crippen molar-refractivity contribution in [2.24, 2.45) is 0 Å². The third kappa shape index (κ3) is 5.89. The average Bonchev–Trinajstić information content (AvgIpc) is 3.40. The van der Waals surface area contributed by atoms with Gasteiger partial charge in [-0.2, -0.15) is 10.1 Å². The van der Waals surface area contributed by atoms with E-state index in [-0.39, 0.29) is 41.2 Å². The molecule has 1 amide bonds. The third-order valence-corrected chi connectivity index (χ3v) is 5.66. The summed E-state index contributed by atoms with van der Waals surface area (Å²) < 4.78 is 52.8. The van der Waals surface area contributed by atoms with Crippen LogP contribution in [0, 0.1) is 0 Å². The monoisotopic (exact) mass is 527 g/mol.